The zero-order valence-corrected chi connectivity index (χ0v) is 9.36. The van der Waals surface area contributed by atoms with Gasteiger partial charge in [0.15, 0.2) is 0 Å². The standard InChI is InChI=1S/C11H20N2O/c1-4-13(5-2)11(14)10-8-6-12(3)7-9(8)10/h8-10H,4-7H2,1-3H3/t8-,9+,10+. The van der Waals surface area contributed by atoms with E-state index in [0.717, 1.165) is 26.2 Å². The molecule has 1 aliphatic heterocycles. The molecule has 0 radical (unpaired) electrons. The van der Waals surface area contributed by atoms with E-state index >= 15 is 0 Å². The highest BCUT2D eigenvalue weighted by Gasteiger charge is 2.59. The number of carbonyl (C=O) groups is 1. The van der Waals surface area contributed by atoms with Gasteiger partial charge in [0.1, 0.15) is 0 Å². The highest BCUT2D eigenvalue weighted by atomic mass is 16.2. The zero-order valence-electron chi connectivity index (χ0n) is 9.36. The third kappa shape index (κ3) is 1.44. The summed E-state index contributed by atoms with van der Waals surface area (Å²) in [5, 5.41) is 0. The van der Waals surface area contributed by atoms with E-state index in [0.29, 0.717) is 23.7 Å². The smallest absolute Gasteiger partial charge is 0.226 e. The van der Waals surface area contributed by atoms with Crippen LogP contribution in [0, 0.1) is 17.8 Å². The lowest BCUT2D eigenvalue weighted by molar-refractivity contribution is -0.133. The molecule has 0 aromatic rings. The number of rotatable bonds is 3. The maximum Gasteiger partial charge on any atom is 0.226 e. The van der Waals surface area contributed by atoms with Crippen molar-refractivity contribution in [1.82, 2.24) is 9.80 Å². The molecule has 2 aliphatic rings. The Morgan fingerprint density at radius 1 is 1.29 bits per heavy atom. The molecule has 3 nitrogen and oxygen atoms in total. The quantitative estimate of drug-likeness (QED) is 0.662. The Labute approximate surface area is 86.1 Å². The monoisotopic (exact) mass is 196 g/mol. The third-order valence-electron chi connectivity index (χ3n) is 3.74. The number of fused-ring (bicyclic) bond motifs is 1. The van der Waals surface area contributed by atoms with Crippen molar-refractivity contribution in [2.24, 2.45) is 17.8 Å². The molecule has 0 N–H and O–H groups in total. The van der Waals surface area contributed by atoms with Crippen molar-refractivity contribution in [1.29, 1.82) is 0 Å². The Hall–Kier alpha value is -0.570. The maximum absolute atomic E-state index is 12.0. The molecule has 0 unspecified atom stereocenters. The third-order valence-corrected chi connectivity index (χ3v) is 3.74. The van der Waals surface area contributed by atoms with Gasteiger partial charge in [-0.15, -0.1) is 0 Å². The number of likely N-dealkylation sites (tertiary alicyclic amines) is 1. The second-order valence-corrected chi connectivity index (χ2v) is 4.59. The molecule has 2 fully saturated rings. The van der Waals surface area contributed by atoms with Gasteiger partial charge in [0.25, 0.3) is 0 Å². The largest absolute Gasteiger partial charge is 0.343 e. The van der Waals surface area contributed by atoms with E-state index in [1.807, 2.05) is 4.90 Å². The molecule has 3 atom stereocenters. The maximum atomic E-state index is 12.0. The van der Waals surface area contributed by atoms with E-state index in [9.17, 15) is 4.79 Å². The van der Waals surface area contributed by atoms with Crippen LogP contribution in [0.25, 0.3) is 0 Å². The molecule has 0 bridgehead atoms. The summed E-state index contributed by atoms with van der Waals surface area (Å²) in [4.78, 5) is 16.3. The first kappa shape index (κ1) is 9.97. The second kappa shape index (κ2) is 3.54. The summed E-state index contributed by atoms with van der Waals surface area (Å²) < 4.78 is 0. The molecule has 2 rings (SSSR count). The molecule has 1 saturated heterocycles. The lowest BCUT2D eigenvalue weighted by Crippen LogP contribution is -2.34. The van der Waals surface area contributed by atoms with Crippen molar-refractivity contribution >= 4 is 5.91 Å². The fourth-order valence-electron chi connectivity index (χ4n) is 2.85. The van der Waals surface area contributed by atoms with E-state index in [4.69, 9.17) is 0 Å². The summed E-state index contributed by atoms with van der Waals surface area (Å²) in [7, 11) is 2.14. The fourth-order valence-corrected chi connectivity index (χ4v) is 2.85. The van der Waals surface area contributed by atoms with Crippen LogP contribution in [0.15, 0.2) is 0 Å². The number of piperidine rings is 1. The van der Waals surface area contributed by atoms with Gasteiger partial charge in [0.2, 0.25) is 5.91 Å². The summed E-state index contributed by atoms with van der Waals surface area (Å²) in [5.41, 5.74) is 0. The lowest BCUT2D eigenvalue weighted by atomic mass is 10.2. The molecule has 0 spiro atoms. The van der Waals surface area contributed by atoms with Gasteiger partial charge in [-0.25, -0.2) is 0 Å². The molecule has 80 valence electrons. The summed E-state index contributed by atoms with van der Waals surface area (Å²) in [6, 6.07) is 0. The van der Waals surface area contributed by atoms with Crippen LogP contribution in [0.3, 0.4) is 0 Å². The predicted octanol–water partition coefficient (Wildman–Crippen LogP) is 0.662. The lowest BCUT2D eigenvalue weighted by Gasteiger charge is -2.21. The molecule has 3 heteroatoms. The Bertz CT molecular complexity index is 225. The molecule has 0 aromatic heterocycles. The van der Waals surface area contributed by atoms with Gasteiger partial charge in [-0.3, -0.25) is 4.79 Å². The minimum Gasteiger partial charge on any atom is -0.343 e. The van der Waals surface area contributed by atoms with Crippen LogP contribution < -0.4 is 0 Å². The topological polar surface area (TPSA) is 23.6 Å². The number of amides is 1. The molecule has 1 saturated carbocycles. The fraction of sp³-hybridized carbons (Fsp3) is 0.909. The normalized spacial score (nSPS) is 35.5. The van der Waals surface area contributed by atoms with Crippen LogP contribution in [0.1, 0.15) is 13.8 Å². The molecular formula is C11H20N2O. The van der Waals surface area contributed by atoms with E-state index in [-0.39, 0.29) is 0 Å². The van der Waals surface area contributed by atoms with Gasteiger partial charge in [-0.05, 0) is 32.7 Å². The van der Waals surface area contributed by atoms with Gasteiger partial charge in [0.05, 0.1) is 0 Å². The Kier molecular flexibility index (Phi) is 2.52. The van der Waals surface area contributed by atoms with Crippen molar-refractivity contribution in [3.8, 4) is 0 Å². The molecule has 1 amide bonds. The Morgan fingerprint density at radius 3 is 2.21 bits per heavy atom. The van der Waals surface area contributed by atoms with Crippen LogP contribution in [0.4, 0.5) is 0 Å². The Balaban J connectivity index is 1.90. The predicted molar refractivity (Wildman–Crippen MR) is 55.9 cm³/mol. The van der Waals surface area contributed by atoms with Crippen LogP contribution >= 0.6 is 0 Å². The minimum atomic E-state index is 0.367. The molecule has 0 aromatic carbocycles. The van der Waals surface area contributed by atoms with Gasteiger partial charge < -0.3 is 9.80 Å². The SMILES string of the molecule is CCN(CC)C(=O)[C@H]1[C@@H]2CN(C)C[C@@H]21. The summed E-state index contributed by atoms with van der Waals surface area (Å²) in [6.45, 7) is 8.10. The van der Waals surface area contributed by atoms with Gasteiger partial charge in [0, 0.05) is 32.1 Å². The van der Waals surface area contributed by atoms with Crippen molar-refractivity contribution in [2.45, 2.75) is 13.8 Å². The highest BCUT2D eigenvalue weighted by molar-refractivity contribution is 5.82. The molecule has 1 heterocycles. The van der Waals surface area contributed by atoms with Gasteiger partial charge >= 0.3 is 0 Å². The molecular weight excluding hydrogens is 176 g/mol. The van der Waals surface area contributed by atoms with Crippen LogP contribution in [0.5, 0.6) is 0 Å². The van der Waals surface area contributed by atoms with Crippen molar-refractivity contribution < 1.29 is 4.79 Å². The first-order chi connectivity index (χ1) is 6.69. The summed E-state index contributed by atoms with van der Waals surface area (Å²) >= 11 is 0. The number of carbonyl (C=O) groups excluding carboxylic acids is 1. The first-order valence-electron chi connectivity index (χ1n) is 5.66. The number of hydrogen-bond donors (Lipinski definition) is 0. The van der Waals surface area contributed by atoms with Gasteiger partial charge in [-0.2, -0.15) is 0 Å². The minimum absolute atomic E-state index is 0.367. The highest BCUT2D eigenvalue weighted by Crippen LogP contribution is 2.52. The van der Waals surface area contributed by atoms with E-state index in [1.165, 1.54) is 0 Å². The van der Waals surface area contributed by atoms with Crippen molar-refractivity contribution in [3.63, 3.8) is 0 Å². The molecule has 14 heavy (non-hydrogen) atoms. The average Bonchev–Trinajstić information content (AvgIpc) is 2.66. The Morgan fingerprint density at radius 2 is 1.79 bits per heavy atom. The van der Waals surface area contributed by atoms with Crippen LogP contribution in [0.2, 0.25) is 0 Å². The molecule has 1 aliphatic carbocycles. The number of nitrogens with zero attached hydrogens (tertiary/aromatic N) is 2. The summed E-state index contributed by atoms with van der Waals surface area (Å²) in [5.74, 6) is 2.12. The van der Waals surface area contributed by atoms with Gasteiger partial charge in [-0.1, -0.05) is 0 Å². The average molecular weight is 196 g/mol. The van der Waals surface area contributed by atoms with Crippen molar-refractivity contribution in [2.75, 3.05) is 33.2 Å². The van der Waals surface area contributed by atoms with Crippen molar-refractivity contribution in [3.05, 3.63) is 0 Å². The van der Waals surface area contributed by atoms with E-state index in [1.54, 1.807) is 0 Å². The second-order valence-electron chi connectivity index (χ2n) is 4.59. The summed E-state index contributed by atoms with van der Waals surface area (Å²) in [6.07, 6.45) is 0. The number of hydrogen-bond acceptors (Lipinski definition) is 2. The van der Waals surface area contributed by atoms with Crippen LogP contribution in [-0.4, -0.2) is 48.9 Å². The first-order valence-corrected chi connectivity index (χ1v) is 5.66. The van der Waals surface area contributed by atoms with E-state index < -0.39 is 0 Å². The van der Waals surface area contributed by atoms with Crippen LogP contribution in [-0.2, 0) is 4.79 Å². The van der Waals surface area contributed by atoms with E-state index in [2.05, 4.69) is 25.8 Å². The zero-order chi connectivity index (χ0) is 10.3.